The van der Waals surface area contributed by atoms with Crippen LogP contribution in [0.2, 0.25) is 0 Å². The van der Waals surface area contributed by atoms with Gasteiger partial charge in [0, 0.05) is 5.56 Å². The summed E-state index contributed by atoms with van der Waals surface area (Å²) in [6, 6.07) is 4.70. The Morgan fingerprint density at radius 1 is 1.17 bits per heavy atom. The molecule has 0 bridgehead atoms. The van der Waals surface area contributed by atoms with Crippen LogP contribution >= 0.6 is 45.2 Å². The number of alkyl halides is 4. The summed E-state index contributed by atoms with van der Waals surface area (Å²) in [5.74, 6) is 0.0140. The van der Waals surface area contributed by atoms with Gasteiger partial charge in [0.15, 0.2) is 12.9 Å². The van der Waals surface area contributed by atoms with E-state index in [0.717, 1.165) is 0 Å². The Hall–Kier alpha value is -0.520. The first-order chi connectivity index (χ1) is 8.39. The van der Waals surface area contributed by atoms with E-state index in [1.54, 1.807) is 18.3 Å². The summed E-state index contributed by atoms with van der Waals surface area (Å²) in [5, 5.41) is 7.79. The number of rotatable bonds is 1. The first kappa shape index (κ1) is 12.5. The van der Waals surface area contributed by atoms with E-state index in [0.29, 0.717) is 11.3 Å². The molecule has 0 saturated heterocycles. The van der Waals surface area contributed by atoms with Gasteiger partial charge in [0.1, 0.15) is 5.71 Å². The SMILES string of the molecule is FC1(F)Oc2cccc(C3=NN=CC3(I)I)c2O1. The summed E-state index contributed by atoms with van der Waals surface area (Å²) in [6.07, 6.45) is -1.99. The van der Waals surface area contributed by atoms with Crippen LogP contribution in [0.3, 0.4) is 0 Å². The van der Waals surface area contributed by atoms with Crippen molar-refractivity contribution < 1.29 is 18.3 Å². The summed E-state index contributed by atoms with van der Waals surface area (Å²) in [4.78, 5) is 0. The van der Waals surface area contributed by atoms with Gasteiger partial charge in [-0.2, -0.15) is 10.2 Å². The first-order valence-electron chi connectivity index (χ1n) is 4.79. The van der Waals surface area contributed by atoms with E-state index in [9.17, 15) is 8.78 Å². The minimum Gasteiger partial charge on any atom is -0.395 e. The van der Waals surface area contributed by atoms with Crippen LogP contribution < -0.4 is 9.47 Å². The van der Waals surface area contributed by atoms with Crippen molar-refractivity contribution in [2.45, 2.75) is 7.72 Å². The molecule has 0 unspecified atom stereocenters. The van der Waals surface area contributed by atoms with Crippen molar-refractivity contribution in [3.8, 4) is 11.5 Å². The Labute approximate surface area is 128 Å². The first-order valence-corrected chi connectivity index (χ1v) is 6.94. The van der Waals surface area contributed by atoms with E-state index >= 15 is 0 Å². The maximum absolute atomic E-state index is 13.1. The number of para-hydroxylation sites is 1. The third-order valence-corrected chi connectivity index (χ3v) is 3.96. The molecule has 0 fully saturated rings. The van der Waals surface area contributed by atoms with Crippen LogP contribution in [0.15, 0.2) is 28.4 Å². The molecule has 2 aliphatic rings. The summed E-state index contributed by atoms with van der Waals surface area (Å²) in [7, 11) is 0. The van der Waals surface area contributed by atoms with Crippen molar-refractivity contribution in [3.63, 3.8) is 0 Å². The molecule has 0 aliphatic carbocycles. The van der Waals surface area contributed by atoms with Crippen LogP contribution in [0.4, 0.5) is 8.78 Å². The average molecular weight is 476 g/mol. The number of fused-ring (bicyclic) bond motifs is 1. The highest BCUT2D eigenvalue weighted by atomic mass is 127. The molecule has 0 N–H and O–H groups in total. The summed E-state index contributed by atoms with van der Waals surface area (Å²) < 4.78 is 34.6. The van der Waals surface area contributed by atoms with E-state index in [1.165, 1.54) is 6.07 Å². The van der Waals surface area contributed by atoms with Crippen molar-refractivity contribution in [2.75, 3.05) is 0 Å². The summed E-state index contributed by atoms with van der Waals surface area (Å²) in [5.41, 5.74) is 1.02. The minimum absolute atomic E-state index is 0.00413. The molecule has 0 atom stereocenters. The van der Waals surface area contributed by atoms with Crippen molar-refractivity contribution in [3.05, 3.63) is 23.8 Å². The van der Waals surface area contributed by atoms with Gasteiger partial charge in [-0.05, 0) is 12.1 Å². The van der Waals surface area contributed by atoms with Gasteiger partial charge in [-0.25, -0.2) is 0 Å². The zero-order valence-corrected chi connectivity index (χ0v) is 12.8. The lowest BCUT2D eigenvalue weighted by Gasteiger charge is -2.14. The molecule has 4 nitrogen and oxygen atoms in total. The predicted molar refractivity (Wildman–Crippen MR) is 78.4 cm³/mol. The molecule has 18 heavy (non-hydrogen) atoms. The Balaban J connectivity index is 2.10. The van der Waals surface area contributed by atoms with Crippen LogP contribution in [-0.4, -0.2) is 19.6 Å². The van der Waals surface area contributed by atoms with Crippen LogP contribution in [0.25, 0.3) is 0 Å². The van der Waals surface area contributed by atoms with Gasteiger partial charge in [0.05, 0.1) is 6.21 Å². The maximum Gasteiger partial charge on any atom is 0.586 e. The van der Waals surface area contributed by atoms with E-state index in [-0.39, 0.29) is 11.5 Å². The van der Waals surface area contributed by atoms with Gasteiger partial charge in [-0.3, -0.25) is 0 Å². The van der Waals surface area contributed by atoms with Crippen LogP contribution in [-0.2, 0) is 0 Å². The van der Waals surface area contributed by atoms with Crippen LogP contribution in [0, 0.1) is 0 Å². The Kier molecular flexibility index (Phi) is 2.77. The molecule has 3 rings (SSSR count). The van der Waals surface area contributed by atoms with Crippen molar-refractivity contribution in [1.82, 2.24) is 0 Å². The summed E-state index contributed by atoms with van der Waals surface area (Å²) >= 11 is 4.26. The Morgan fingerprint density at radius 3 is 2.61 bits per heavy atom. The highest BCUT2D eigenvalue weighted by molar-refractivity contribution is 14.2. The van der Waals surface area contributed by atoms with Crippen molar-refractivity contribution in [2.24, 2.45) is 10.2 Å². The number of nitrogens with zero attached hydrogens (tertiary/aromatic N) is 2. The molecular formula is C10H4F2I2N2O2. The highest BCUT2D eigenvalue weighted by Crippen LogP contribution is 2.46. The molecule has 0 saturated carbocycles. The smallest absolute Gasteiger partial charge is 0.395 e. The molecule has 0 spiro atoms. The van der Waals surface area contributed by atoms with E-state index in [2.05, 4.69) is 64.9 Å². The second kappa shape index (κ2) is 3.99. The van der Waals surface area contributed by atoms with Gasteiger partial charge < -0.3 is 9.47 Å². The lowest BCUT2D eigenvalue weighted by atomic mass is 10.1. The van der Waals surface area contributed by atoms with E-state index < -0.39 is 7.72 Å². The fourth-order valence-electron chi connectivity index (χ4n) is 1.68. The standard InChI is InChI=1S/C10H4F2I2N2O2/c11-10(12)17-6-3-1-2-5(7(6)18-10)8-9(13,14)4-15-16-8/h1-4H. The molecule has 0 radical (unpaired) electrons. The number of halogens is 4. The van der Waals surface area contributed by atoms with Crippen molar-refractivity contribution >= 4 is 57.1 Å². The zero-order valence-electron chi connectivity index (χ0n) is 8.53. The lowest BCUT2D eigenvalue weighted by Crippen LogP contribution is -2.27. The number of hydrogen-bond acceptors (Lipinski definition) is 4. The molecule has 1 aromatic carbocycles. The summed E-state index contributed by atoms with van der Waals surface area (Å²) in [6.45, 7) is 0. The monoisotopic (exact) mass is 476 g/mol. The molecule has 0 aromatic heterocycles. The number of hydrogen-bond donors (Lipinski definition) is 0. The van der Waals surface area contributed by atoms with Crippen molar-refractivity contribution in [1.29, 1.82) is 0 Å². The fraction of sp³-hybridized carbons (Fsp3) is 0.200. The quantitative estimate of drug-likeness (QED) is 0.462. The Bertz CT molecular complexity index is 587. The molecule has 2 heterocycles. The van der Waals surface area contributed by atoms with Gasteiger partial charge in [-0.1, -0.05) is 51.2 Å². The van der Waals surface area contributed by atoms with Gasteiger partial charge >= 0.3 is 6.29 Å². The minimum atomic E-state index is -3.63. The van der Waals surface area contributed by atoms with Crippen LogP contribution in [0.1, 0.15) is 5.56 Å². The average Bonchev–Trinajstić information content (AvgIpc) is 2.75. The van der Waals surface area contributed by atoms with Gasteiger partial charge in [0.25, 0.3) is 0 Å². The molecular weight excluding hydrogens is 472 g/mol. The molecule has 2 aliphatic heterocycles. The topological polar surface area (TPSA) is 43.2 Å². The molecule has 1 aromatic rings. The number of ether oxygens (including phenoxy) is 2. The molecule has 94 valence electrons. The normalized spacial score (nSPS) is 22.1. The largest absolute Gasteiger partial charge is 0.586 e. The zero-order chi connectivity index (χ0) is 13.0. The third-order valence-electron chi connectivity index (χ3n) is 2.38. The van der Waals surface area contributed by atoms with Crippen LogP contribution in [0.5, 0.6) is 11.5 Å². The second-order valence-corrected chi connectivity index (χ2v) is 9.08. The second-order valence-electron chi connectivity index (χ2n) is 3.62. The maximum atomic E-state index is 13.1. The fourth-order valence-corrected chi connectivity index (χ4v) is 2.72. The van der Waals surface area contributed by atoms with E-state index in [1.807, 2.05) is 0 Å². The Morgan fingerprint density at radius 2 is 1.94 bits per heavy atom. The predicted octanol–water partition coefficient (Wildman–Crippen LogP) is 3.36. The van der Waals surface area contributed by atoms with Gasteiger partial charge in [-0.15, -0.1) is 8.78 Å². The lowest BCUT2D eigenvalue weighted by molar-refractivity contribution is -0.286. The molecule has 0 amide bonds. The third kappa shape index (κ3) is 1.98. The molecule has 8 heteroatoms. The number of benzene rings is 1. The van der Waals surface area contributed by atoms with E-state index in [4.69, 9.17) is 0 Å². The van der Waals surface area contributed by atoms with Gasteiger partial charge in [0.2, 0.25) is 0 Å². The highest BCUT2D eigenvalue weighted by Gasteiger charge is 2.46.